The van der Waals surface area contributed by atoms with Crippen molar-refractivity contribution in [1.82, 2.24) is 19.1 Å². The van der Waals surface area contributed by atoms with Crippen LogP contribution in [0.25, 0.3) is 21.9 Å². The summed E-state index contributed by atoms with van der Waals surface area (Å²) in [5.74, 6) is 1.23. The number of nitrogens with one attached hydrogen (secondary N) is 1. The van der Waals surface area contributed by atoms with Gasteiger partial charge in [0.2, 0.25) is 5.88 Å². The number of ether oxygens (including phenoxy) is 1. The number of nitrogens with zero attached hydrogens (tertiary/aromatic N) is 4. The molecule has 0 spiro atoms. The van der Waals surface area contributed by atoms with Crippen molar-refractivity contribution in [3.05, 3.63) is 48.0 Å². The van der Waals surface area contributed by atoms with Crippen molar-refractivity contribution >= 4 is 27.6 Å². The van der Waals surface area contributed by atoms with Gasteiger partial charge >= 0.3 is 0 Å². The van der Waals surface area contributed by atoms with E-state index < -0.39 is 0 Å². The van der Waals surface area contributed by atoms with Crippen molar-refractivity contribution in [2.24, 2.45) is 7.05 Å². The van der Waals surface area contributed by atoms with Crippen molar-refractivity contribution in [2.45, 2.75) is 25.9 Å². The molecule has 1 aliphatic heterocycles. The summed E-state index contributed by atoms with van der Waals surface area (Å²) >= 11 is 0. The number of rotatable bonds is 5. The van der Waals surface area contributed by atoms with E-state index in [0.717, 1.165) is 39.9 Å². The maximum absolute atomic E-state index is 10.8. The van der Waals surface area contributed by atoms with Crippen molar-refractivity contribution in [3.63, 3.8) is 0 Å². The van der Waals surface area contributed by atoms with Gasteiger partial charge in [-0.2, -0.15) is 0 Å². The SMILES string of the molecule is Cc1ccc2c(c1)nc(CCn1cc3nccc(NC4COC4)c3c1O)n2C. The molecule has 28 heavy (non-hydrogen) atoms. The van der Waals surface area contributed by atoms with Crippen LogP contribution in [0.3, 0.4) is 0 Å². The monoisotopic (exact) mass is 377 g/mol. The van der Waals surface area contributed by atoms with Crippen LogP contribution in [0.2, 0.25) is 0 Å². The average Bonchev–Trinajstić information content (AvgIpc) is 3.13. The van der Waals surface area contributed by atoms with E-state index in [1.54, 1.807) is 6.20 Å². The number of aromatic nitrogens is 4. The maximum atomic E-state index is 10.8. The highest BCUT2D eigenvalue weighted by Gasteiger charge is 2.21. The van der Waals surface area contributed by atoms with E-state index in [9.17, 15) is 5.11 Å². The number of aryl methyl sites for hydroxylation is 4. The maximum Gasteiger partial charge on any atom is 0.202 e. The normalized spacial score (nSPS) is 14.6. The molecule has 4 aromatic rings. The highest BCUT2D eigenvalue weighted by Crippen LogP contribution is 2.33. The Morgan fingerprint density at radius 2 is 2.11 bits per heavy atom. The van der Waals surface area contributed by atoms with Gasteiger partial charge in [0.1, 0.15) is 5.82 Å². The average molecular weight is 377 g/mol. The fourth-order valence-electron chi connectivity index (χ4n) is 3.80. The molecule has 0 bridgehead atoms. The summed E-state index contributed by atoms with van der Waals surface area (Å²) in [6, 6.07) is 8.50. The Hall–Kier alpha value is -3.06. The van der Waals surface area contributed by atoms with Gasteiger partial charge in [-0.1, -0.05) is 6.07 Å². The number of benzene rings is 1. The Bertz CT molecular complexity index is 1170. The molecule has 144 valence electrons. The van der Waals surface area contributed by atoms with Crippen molar-refractivity contribution in [3.8, 4) is 5.88 Å². The molecule has 0 amide bonds. The minimum atomic E-state index is 0.237. The van der Waals surface area contributed by atoms with Gasteiger partial charge in [0.05, 0.1) is 46.9 Å². The molecule has 0 radical (unpaired) electrons. The van der Waals surface area contributed by atoms with E-state index in [0.29, 0.717) is 19.8 Å². The number of hydrogen-bond acceptors (Lipinski definition) is 5. The molecule has 4 heterocycles. The Labute approximate surface area is 162 Å². The first-order chi connectivity index (χ1) is 13.6. The van der Waals surface area contributed by atoms with Crippen LogP contribution in [-0.4, -0.2) is 43.5 Å². The molecular weight excluding hydrogens is 354 g/mol. The molecule has 1 saturated heterocycles. The third-order valence-corrected chi connectivity index (χ3v) is 5.46. The molecule has 3 aromatic heterocycles. The van der Waals surface area contributed by atoms with Gasteiger partial charge in [-0.05, 0) is 30.7 Å². The number of anilines is 1. The molecule has 0 aliphatic carbocycles. The molecule has 2 N–H and O–H groups in total. The number of aromatic hydroxyl groups is 1. The van der Waals surface area contributed by atoms with Gasteiger partial charge in [0.25, 0.3) is 0 Å². The smallest absolute Gasteiger partial charge is 0.202 e. The van der Waals surface area contributed by atoms with Crippen LogP contribution >= 0.6 is 0 Å². The summed E-state index contributed by atoms with van der Waals surface area (Å²) in [6.45, 7) is 4.09. The molecule has 5 rings (SSSR count). The summed E-state index contributed by atoms with van der Waals surface area (Å²) < 4.78 is 9.20. The quantitative estimate of drug-likeness (QED) is 0.559. The summed E-state index contributed by atoms with van der Waals surface area (Å²) in [5.41, 5.74) is 5.01. The number of fused-ring (bicyclic) bond motifs is 2. The van der Waals surface area contributed by atoms with Gasteiger partial charge in [0.15, 0.2) is 0 Å². The van der Waals surface area contributed by atoms with Crippen LogP contribution in [0.15, 0.2) is 36.7 Å². The van der Waals surface area contributed by atoms with Crippen LogP contribution in [0, 0.1) is 6.92 Å². The molecule has 1 fully saturated rings. The van der Waals surface area contributed by atoms with Crippen LogP contribution in [0.1, 0.15) is 11.4 Å². The van der Waals surface area contributed by atoms with Gasteiger partial charge in [0, 0.05) is 32.4 Å². The van der Waals surface area contributed by atoms with Gasteiger partial charge in [-0.25, -0.2) is 4.98 Å². The van der Waals surface area contributed by atoms with E-state index in [4.69, 9.17) is 9.72 Å². The van der Waals surface area contributed by atoms with Crippen molar-refractivity contribution in [1.29, 1.82) is 0 Å². The lowest BCUT2D eigenvalue weighted by atomic mass is 10.2. The standard InChI is InChI=1S/C21H23N5O2/c1-13-3-4-18-16(9-13)24-19(25(18)2)6-8-26-10-17-20(21(26)27)15(5-7-22-17)23-14-11-28-12-14/h3-5,7,9-10,14,23,27H,6,8,11-12H2,1-2H3. The first-order valence-electron chi connectivity index (χ1n) is 9.53. The lowest BCUT2D eigenvalue weighted by Gasteiger charge is -2.28. The largest absolute Gasteiger partial charge is 0.494 e. The minimum Gasteiger partial charge on any atom is -0.494 e. The first-order valence-corrected chi connectivity index (χ1v) is 9.53. The summed E-state index contributed by atoms with van der Waals surface area (Å²) in [6.07, 6.45) is 4.39. The third-order valence-electron chi connectivity index (χ3n) is 5.46. The second-order valence-corrected chi connectivity index (χ2v) is 7.47. The fraction of sp³-hybridized carbons (Fsp3) is 0.333. The van der Waals surface area contributed by atoms with E-state index >= 15 is 0 Å². The Balaban J connectivity index is 1.43. The zero-order valence-electron chi connectivity index (χ0n) is 16.0. The van der Waals surface area contributed by atoms with Gasteiger partial charge in [-0.15, -0.1) is 0 Å². The third kappa shape index (κ3) is 2.79. The first kappa shape index (κ1) is 17.1. The lowest BCUT2D eigenvalue weighted by Crippen LogP contribution is -2.40. The Morgan fingerprint density at radius 1 is 1.25 bits per heavy atom. The number of imidazole rings is 1. The molecular formula is C21H23N5O2. The molecule has 0 saturated carbocycles. The van der Waals surface area contributed by atoms with Crippen LogP contribution in [0.5, 0.6) is 5.88 Å². The van der Waals surface area contributed by atoms with E-state index in [-0.39, 0.29) is 11.9 Å². The van der Waals surface area contributed by atoms with E-state index in [2.05, 4.69) is 40.0 Å². The van der Waals surface area contributed by atoms with Crippen LogP contribution in [-0.2, 0) is 24.8 Å². The fourth-order valence-corrected chi connectivity index (χ4v) is 3.80. The molecule has 1 aliphatic rings. The molecule has 0 atom stereocenters. The predicted molar refractivity (Wildman–Crippen MR) is 109 cm³/mol. The summed E-state index contributed by atoms with van der Waals surface area (Å²) in [4.78, 5) is 9.19. The molecule has 0 unspecified atom stereocenters. The van der Waals surface area contributed by atoms with Crippen LogP contribution < -0.4 is 5.32 Å². The topological polar surface area (TPSA) is 77.1 Å². The lowest BCUT2D eigenvalue weighted by molar-refractivity contribution is 0.0211. The molecule has 1 aromatic carbocycles. The highest BCUT2D eigenvalue weighted by atomic mass is 16.5. The van der Waals surface area contributed by atoms with E-state index in [1.807, 2.05) is 23.9 Å². The second kappa shape index (κ2) is 6.53. The molecule has 7 nitrogen and oxygen atoms in total. The highest BCUT2D eigenvalue weighted by molar-refractivity contribution is 5.96. The Kier molecular flexibility index (Phi) is 3.98. The molecule has 7 heteroatoms. The number of pyridine rings is 1. The van der Waals surface area contributed by atoms with Crippen molar-refractivity contribution < 1.29 is 9.84 Å². The zero-order chi connectivity index (χ0) is 19.3. The van der Waals surface area contributed by atoms with Gasteiger partial charge < -0.3 is 24.3 Å². The number of hydrogen-bond donors (Lipinski definition) is 2. The van der Waals surface area contributed by atoms with Crippen LogP contribution in [0.4, 0.5) is 5.69 Å². The summed E-state index contributed by atoms with van der Waals surface area (Å²) in [7, 11) is 2.04. The summed E-state index contributed by atoms with van der Waals surface area (Å²) in [5, 5.41) is 15.0. The van der Waals surface area contributed by atoms with Gasteiger partial charge in [-0.3, -0.25) is 4.98 Å². The minimum absolute atomic E-state index is 0.237. The Morgan fingerprint density at radius 3 is 2.89 bits per heavy atom. The predicted octanol–water partition coefficient (Wildman–Crippen LogP) is 2.99. The second-order valence-electron chi connectivity index (χ2n) is 7.47. The van der Waals surface area contributed by atoms with Crippen molar-refractivity contribution in [2.75, 3.05) is 18.5 Å². The zero-order valence-corrected chi connectivity index (χ0v) is 16.0. The van der Waals surface area contributed by atoms with E-state index in [1.165, 1.54) is 5.56 Å².